The first kappa shape index (κ1) is 22.9. The summed E-state index contributed by atoms with van der Waals surface area (Å²) in [5.74, 6) is -2.16. The lowest BCUT2D eigenvalue weighted by Gasteiger charge is -2.45. The Labute approximate surface area is 166 Å². The maximum atomic E-state index is 12.9. The minimum absolute atomic E-state index is 0.00375. The molecule has 1 aliphatic rings. The first-order valence-electron chi connectivity index (χ1n) is 8.62. The van der Waals surface area contributed by atoms with Gasteiger partial charge in [-0.2, -0.15) is 17.5 Å². The minimum Gasteiger partial charge on any atom is -0.465 e. The van der Waals surface area contributed by atoms with Gasteiger partial charge in [-0.1, -0.05) is 20.8 Å². The van der Waals surface area contributed by atoms with Crippen LogP contribution in [0.1, 0.15) is 20.8 Å². The van der Waals surface area contributed by atoms with Gasteiger partial charge >= 0.3 is 18.2 Å². The lowest BCUT2D eigenvalue weighted by molar-refractivity contribution is -0.167. The van der Waals surface area contributed by atoms with Crippen LogP contribution in [0, 0.1) is 5.41 Å². The van der Waals surface area contributed by atoms with E-state index >= 15 is 0 Å². The van der Waals surface area contributed by atoms with Gasteiger partial charge in [-0.05, 0) is 29.7 Å². The molecule has 1 aromatic rings. The molecule has 0 spiro atoms. The summed E-state index contributed by atoms with van der Waals surface area (Å²) in [4.78, 5) is 23.5. The van der Waals surface area contributed by atoms with Crippen LogP contribution < -0.4 is 5.32 Å². The normalized spacial score (nSPS) is 19.1. The lowest BCUT2D eigenvalue weighted by Crippen LogP contribution is -2.60. The van der Waals surface area contributed by atoms with Gasteiger partial charge in [-0.25, -0.2) is 13.2 Å². The van der Waals surface area contributed by atoms with E-state index in [1.165, 1.54) is 4.90 Å². The molecule has 8 nitrogen and oxygen atoms in total. The van der Waals surface area contributed by atoms with Gasteiger partial charge in [0.15, 0.2) is 0 Å². The Hall–Kier alpha value is -2.34. The third-order valence-electron chi connectivity index (χ3n) is 4.60. The number of nitrogens with zero attached hydrogens (tertiary/aromatic N) is 2. The molecule has 29 heavy (non-hydrogen) atoms. The zero-order valence-electron chi connectivity index (χ0n) is 16.0. The van der Waals surface area contributed by atoms with E-state index in [1.807, 2.05) is 20.8 Å². The summed E-state index contributed by atoms with van der Waals surface area (Å²) < 4.78 is 63.9. The topological polar surface area (TPSA) is 107 Å². The number of sulfonamides is 1. The van der Waals surface area contributed by atoms with Crippen LogP contribution in [0.2, 0.25) is 0 Å². The Morgan fingerprint density at radius 1 is 1.10 bits per heavy atom. The smallest absolute Gasteiger partial charge is 0.465 e. The zero-order chi connectivity index (χ0) is 22.2. The van der Waals surface area contributed by atoms with Crippen LogP contribution in [0.5, 0.6) is 0 Å². The second-order valence-corrected chi connectivity index (χ2v) is 9.64. The summed E-state index contributed by atoms with van der Waals surface area (Å²) in [6.07, 6.45) is -6.19. The Morgan fingerprint density at radius 2 is 1.66 bits per heavy atom. The summed E-state index contributed by atoms with van der Waals surface area (Å²) >= 11 is 0. The van der Waals surface area contributed by atoms with Gasteiger partial charge in [0.1, 0.15) is 0 Å². The highest BCUT2D eigenvalue weighted by Crippen LogP contribution is 2.30. The molecule has 2 rings (SSSR count). The predicted octanol–water partition coefficient (Wildman–Crippen LogP) is 2.59. The molecule has 0 aliphatic carbocycles. The second-order valence-electron chi connectivity index (χ2n) is 7.70. The number of anilines is 1. The van der Waals surface area contributed by atoms with Crippen molar-refractivity contribution >= 4 is 27.7 Å². The average Bonchev–Trinajstić information content (AvgIpc) is 2.60. The van der Waals surface area contributed by atoms with Crippen LogP contribution in [0.15, 0.2) is 29.2 Å². The Morgan fingerprint density at radius 3 is 2.10 bits per heavy atom. The second kappa shape index (κ2) is 7.82. The van der Waals surface area contributed by atoms with E-state index in [2.05, 4.69) is 0 Å². The van der Waals surface area contributed by atoms with Crippen molar-refractivity contribution in [1.82, 2.24) is 9.21 Å². The summed E-state index contributed by atoms with van der Waals surface area (Å²) in [5, 5.41) is 11.0. The van der Waals surface area contributed by atoms with Crippen LogP contribution >= 0.6 is 0 Å². The molecule has 0 bridgehead atoms. The third kappa shape index (κ3) is 5.18. The maximum Gasteiger partial charge on any atom is 0.471 e. The zero-order valence-corrected chi connectivity index (χ0v) is 16.8. The fourth-order valence-corrected chi connectivity index (χ4v) is 4.45. The van der Waals surface area contributed by atoms with Gasteiger partial charge < -0.3 is 15.3 Å². The molecule has 1 saturated heterocycles. The van der Waals surface area contributed by atoms with Crippen molar-refractivity contribution in [3.8, 4) is 0 Å². The molecule has 2 N–H and O–H groups in total. The predicted molar refractivity (Wildman–Crippen MR) is 97.9 cm³/mol. The molecule has 1 aromatic carbocycles. The van der Waals surface area contributed by atoms with E-state index in [-0.39, 0.29) is 30.2 Å². The van der Waals surface area contributed by atoms with Gasteiger partial charge in [-0.15, -0.1) is 0 Å². The number of hydrogen-bond donors (Lipinski definition) is 2. The Bertz CT molecular complexity index is 879. The van der Waals surface area contributed by atoms with E-state index in [0.717, 1.165) is 28.6 Å². The van der Waals surface area contributed by atoms with E-state index in [9.17, 15) is 36.3 Å². The van der Waals surface area contributed by atoms with E-state index in [1.54, 1.807) is 5.32 Å². The molecule has 1 atom stereocenters. The number of nitrogens with one attached hydrogen (secondary N) is 1. The molecule has 12 heteroatoms. The van der Waals surface area contributed by atoms with Crippen LogP contribution in [0.25, 0.3) is 0 Å². The van der Waals surface area contributed by atoms with Crippen molar-refractivity contribution in [2.75, 3.05) is 25.0 Å². The quantitative estimate of drug-likeness (QED) is 0.756. The molecule has 1 unspecified atom stereocenters. The first-order chi connectivity index (χ1) is 13.1. The number of rotatable bonds is 3. The summed E-state index contributed by atoms with van der Waals surface area (Å²) in [6, 6.07) is 3.73. The van der Waals surface area contributed by atoms with Crippen LogP contribution in [-0.4, -0.2) is 66.6 Å². The monoisotopic (exact) mass is 437 g/mol. The third-order valence-corrected chi connectivity index (χ3v) is 6.48. The average molecular weight is 437 g/mol. The molecule has 1 heterocycles. The van der Waals surface area contributed by atoms with Crippen molar-refractivity contribution in [2.45, 2.75) is 37.9 Å². The van der Waals surface area contributed by atoms with Gasteiger partial charge in [-0.3, -0.25) is 4.79 Å². The largest absolute Gasteiger partial charge is 0.471 e. The number of alkyl halides is 3. The molecule has 0 saturated carbocycles. The van der Waals surface area contributed by atoms with Crippen LogP contribution in [0.4, 0.5) is 23.7 Å². The number of carbonyl (C=O) groups excluding carboxylic acids is 1. The summed E-state index contributed by atoms with van der Waals surface area (Å²) in [7, 11) is -4.00. The summed E-state index contributed by atoms with van der Waals surface area (Å²) in [5.41, 5.74) is -0.715. The SMILES string of the molecule is CC(C)(C)C1CN(S(=O)(=O)c2ccc(NC(=O)C(F)(F)F)cc2)CCN1C(=O)O. The van der Waals surface area contributed by atoms with Gasteiger partial charge in [0.05, 0.1) is 10.9 Å². The molecule has 0 aromatic heterocycles. The Kier molecular flexibility index (Phi) is 6.19. The Balaban J connectivity index is 2.22. The molecule has 1 fully saturated rings. The highest BCUT2D eigenvalue weighted by Gasteiger charge is 2.42. The lowest BCUT2D eigenvalue weighted by atomic mass is 9.85. The molecule has 1 aliphatic heterocycles. The van der Waals surface area contributed by atoms with E-state index in [0.29, 0.717) is 0 Å². The number of benzene rings is 1. The van der Waals surface area contributed by atoms with Crippen molar-refractivity contribution in [1.29, 1.82) is 0 Å². The number of piperazine rings is 1. The summed E-state index contributed by atoms with van der Waals surface area (Å²) in [6.45, 7) is 5.32. The van der Waals surface area contributed by atoms with Gasteiger partial charge in [0.2, 0.25) is 10.0 Å². The van der Waals surface area contributed by atoms with Crippen molar-refractivity contribution in [3.63, 3.8) is 0 Å². The molecule has 2 amide bonds. The van der Waals surface area contributed by atoms with Gasteiger partial charge in [0, 0.05) is 25.3 Å². The fourth-order valence-electron chi connectivity index (χ4n) is 3.01. The standard InChI is InChI=1S/C17H22F3N3O5S/c1-16(2,3)13-10-22(8-9-23(13)15(25)26)29(27,28)12-6-4-11(5-7-12)21-14(24)17(18,19)20/h4-7,13H,8-10H2,1-3H3,(H,21,24)(H,25,26). The van der Waals surface area contributed by atoms with Crippen LogP contribution in [-0.2, 0) is 14.8 Å². The number of hydrogen-bond acceptors (Lipinski definition) is 4. The molecule has 162 valence electrons. The van der Waals surface area contributed by atoms with Crippen LogP contribution in [0.3, 0.4) is 0 Å². The molecule has 0 radical (unpaired) electrons. The molecular formula is C17H22F3N3O5S. The van der Waals surface area contributed by atoms with Crippen molar-refractivity contribution < 1.29 is 36.3 Å². The number of carboxylic acid groups (broad SMARTS) is 1. The highest BCUT2D eigenvalue weighted by molar-refractivity contribution is 7.89. The first-order valence-corrected chi connectivity index (χ1v) is 10.1. The molecular weight excluding hydrogens is 415 g/mol. The van der Waals surface area contributed by atoms with E-state index in [4.69, 9.17) is 0 Å². The number of carbonyl (C=O) groups is 2. The van der Waals surface area contributed by atoms with E-state index < -0.39 is 39.7 Å². The fraction of sp³-hybridized carbons (Fsp3) is 0.529. The van der Waals surface area contributed by atoms with Crippen molar-refractivity contribution in [2.24, 2.45) is 5.41 Å². The number of halogens is 3. The highest BCUT2D eigenvalue weighted by atomic mass is 32.2. The van der Waals surface area contributed by atoms with Gasteiger partial charge in [0.25, 0.3) is 0 Å². The van der Waals surface area contributed by atoms with Crippen molar-refractivity contribution in [3.05, 3.63) is 24.3 Å². The number of amides is 2. The maximum absolute atomic E-state index is 12.9. The minimum atomic E-state index is -5.06.